The molecule has 7 heteroatoms. The number of hydrogen-bond acceptors (Lipinski definition) is 4. The van der Waals surface area contributed by atoms with Gasteiger partial charge in [0.1, 0.15) is 11.3 Å². The molecule has 2 rings (SSSR count). The van der Waals surface area contributed by atoms with Crippen LogP contribution in [0.4, 0.5) is 0 Å². The number of rotatable bonds is 2. The van der Waals surface area contributed by atoms with E-state index < -0.39 is 16.0 Å². The van der Waals surface area contributed by atoms with E-state index in [-0.39, 0.29) is 16.2 Å². The van der Waals surface area contributed by atoms with Crippen LogP contribution in [0.3, 0.4) is 0 Å². The molecule has 0 fully saturated rings. The highest BCUT2D eigenvalue weighted by atomic mass is 32.2. The van der Waals surface area contributed by atoms with Crippen LogP contribution in [0, 0.1) is 0 Å². The number of fused-ring (bicyclic) bond motifs is 1. The van der Waals surface area contributed by atoms with Crippen LogP contribution in [-0.2, 0) is 10.0 Å². The Morgan fingerprint density at radius 1 is 1.11 bits per heavy atom. The monoisotopic (exact) mass is 267 g/mol. The van der Waals surface area contributed by atoms with Crippen LogP contribution in [-0.4, -0.2) is 24.6 Å². The molecule has 0 radical (unpaired) electrons. The standard InChI is InChI=1S/C11H9NO5S/c12-18(16,17)8-2-1-6-5-10(13)9(11(14)15)4-7(6)3-8/h1-5,13H,(H,14,15)(H2,12,16,17). The van der Waals surface area contributed by atoms with Crippen molar-refractivity contribution in [2.45, 2.75) is 4.90 Å². The van der Waals surface area contributed by atoms with Gasteiger partial charge < -0.3 is 10.2 Å². The molecule has 0 atom stereocenters. The topological polar surface area (TPSA) is 118 Å². The molecule has 94 valence electrons. The minimum atomic E-state index is -3.85. The lowest BCUT2D eigenvalue weighted by Gasteiger charge is -2.05. The Balaban J connectivity index is 2.77. The number of carboxylic acid groups (broad SMARTS) is 1. The second kappa shape index (κ2) is 3.97. The van der Waals surface area contributed by atoms with Gasteiger partial charge in [0.15, 0.2) is 0 Å². The number of aromatic carboxylic acids is 1. The first-order chi connectivity index (χ1) is 8.29. The molecular weight excluding hydrogens is 258 g/mol. The van der Waals surface area contributed by atoms with Crippen LogP contribution in [0.5, 0.6) is 5.75 Å². The van der Waals surface area contributed by atoms with Crippen molar-refractivity contribution >= 4 is 26.8 Å². The summed E-state index contributed by atoms with van der Waals surface area (Å²) in [5, 5.41) is 24.2. The van der Waals surface area contributed by atoms with E-state index in [9.17, 15) is 18.3 Å². The summed E-state index contributed by atoms with van der Waals surface area (Å²) in [4.78, 5) is 10.7. The average Bonchev–Trinajstić information content (AvgIpc) is 2.25. The lowest BCUT2D eigenvalue weighted by atomic mass is 10.1. The number of primary sulfonamides is 1. The maximum atomic E-state index is 11.2. The molecule has 0 amide bonds. The van der Waals surface area contributed by atoms with Crippen LogP contribution in [0.25, 0.3) is 10.8 Å². The minimum Gasteiger partial charge on any atom is -0.507 e. The summed E-state index contributed by atoms with van der Waals surface area (Å²) in [6.45, 7) is 0. The first-order valence-corrected chi connectivity index (χ1v) is 6.36. The van der Waals surface area contributed by atoms with Crippen LogP contribution in [0.15, 0.2) is 35.2 Å². The zero-order valence-electron chi connectivity index (χ0n) is 8.99. The second-order valence-electron chi connectivity index (χ2n) is 3.73. The van der Waals surface area contributed by atoms with Gasteiger partial charge in [0.25, 0.3) is 0 Å². The number of aromatic hydroxyl groups is 1. The summed E-state index contributed by atoms with van der Waals surface area (Å²) in [7, 11) is -3.85. The number of carbonyl (C=O) groups is 1. The molecule has 0 aliphatic carbocycles. The Bertz CT molecular complexity index is 751. The number of nitrogens with two attached hydrogens (primary N) is 1. The number of benzene rings is 2. The first kappa shape index (κ1) is 12.3. The fourth-order valence-corrected chi connectivity index (χ4v) is 2.16. The maximum Gasteiger partial charge on any atom is 0.339 e. The van der Waals surface area contributed by atoms with Crippen molar-refractivity contribution in [2.75, 3.05) is 0 Å². The molecule has 2 aromatic rings. The van der Waals surface area contributed by atoms with Gasteiger partial charge in [-0.15, -0.1) is 0 Å². The Morgan fingerprint density at radius 3 is 2.33 bits per heavy atom. The van der Waals surface area contributed by atoms with E-state index in [1.54, 1.807) is 0 Å². The molecule has 0 spiro atoms. The Labute approximate surface area is 102 Å². The molecule has 0 heterocycles. The molecular formula is C11H9NO5S. The van der Waals surface area contributed by atoms with Crippen molar-refractivity contribution in [3.8, 4) is 5.75 Å². The van der Waals surface area contributed by atoms with Crippen molar-refractivity contribution in [1.82, 2.24) is 0 Å². The fraction of sp³-hybridized carbons (Fsp3) is 0. The molecule has 2 aromatic carbocycles. The van der Waals surface area contributed by atoms with Gasteiger partial charge in [-0.2, -0.15) is 0 Å². The molecule has 0 aromatic heterocycles. The van der Waals surface area contributed by atoms with Gasteiger partial charge in [-0.25, -0.2) is 18.4 Å². The second-order valence-corrected chi connectivity index (χ2v) is 5.29. The highest BCUT2D eigenvalue weighted by molar-refractivity contribution is 7.89. The summed E-state index contributed by atoms with van der Waals surface area (Å²) in [5.74, 6) is -1.67. The van der Waals surface area contributed by atoms with E-state index in [0.29, 0.717) is 10.8 Å². The lowest BCUT2D eigenvalue weighted by Crippen LogP contribution is -2.11. The number of hydrogen-bond donors (Lipinski definition) is 3. The van der Waals surface area contributed by atoms with Gasteiger partial charge >= 0.3 is 5.97 Å². The molecule has 0 aliphatic heterocycles. The van der Waals surface area contributed by atoms with Crippen LogP contribution >= 0.6 is 0 Å². The van der Waals surface area contributed by atoms with Gasteiger partial charge in [0.2, 0.25) is 10.0 Å². The quantitative estimate of drug-likeness (QED) is 0.746. The third kappa shape index (κ3) is 2.13. The van der Waals surface area contributed by atoms with E-state index in [1.807, 2.05) is 0 Å². The van der Waals surface area contributed by atoms with Crippen molar-refractivity contribution in [3.63, 3.8) is 0 Å². The van der Waals surface area contributed by atoms with Crippen LogP contribution in [0.2, 0.25) is 0 Å². The maximum absolute atomic E-state index is 11.2. The van der Waals surface area contributed by atoms with E-state index in [2.05, 4.69) is 0 Å². The molecule has 0 saturated carbocycles. The van der Waals surface area contributed by atoms with Gasteiger partial charge in [0, 0.05) is 0 Å². The third-order valence-corrected chi connectivity index (χ3v) is 3.40. The van der Waals surface area contributed by atoms with E-state index in [1.165, 1.54) is 30.3 Å². The summed E-state index contributed by atoms with van der Waals surface area (Å²) in [5.41, 5.74) is -0.297. The summed E-state index contributed by atoms with van der Waals surface area (Å²) in [6, 6.07) is 6.45. The third-order valence-electron chi connectivity index (χ3n) is 2.49. The number of phenols is 1. The van der Waals surface area contributed by atoms with Crippen molar-refractivity contribution in [3.05, 3.63) is 35.9 Å². The normalized spacial score (nSPS) is 11.6. The summed E-state index contributed by atoms with van der Waals surface area (Å²) < 4.78 is 22.3. The molecule has 0 aliphatic rings. The Morgan fingerprint density at radius 2 is 1.78 bits per heavy atom. The lowest BCUT2D eigenvalue weighted by molar-refractivity contribution is 0.0694. The van der Waals surface area contributed by atoms with Gasteiger partial charge in [-0.1, -0.05) is 6.07 Å². The fourth-order valence-electron chi connectivity index (χ4n) is 1.61. The molecule has 0 saturated heterocycles. The van der Waals surface area contributed by atoms with Crippen molar-refractivity contribution in [2.24, 2.45) is 5.14 Å². The Hall–Kier alpha value is -2.12. The van der Waals surface area contributed by atoms with Gasteiger partial charge in [-0.05, 0) is 35.0 Å². The van der Waals surface area contributed by atoms with Crippen molar-refractivity contribution < 1.29 is 23.4 Å². The number of sulfonamides is 1. The molecule has 6 nitrogen and oxygen atoms in total. The van der Waals surface area contributed by atoms with Crippen molar-refractivity contribution in [1.29, 1.82) is 0 Å². The average molecular weight is 267 g/mol. The molecule has 18 heavy (non-hydrogen) atoms. The SMILES string of the molecule is NS(=O)(=O)c1ccc2cc(O)c(C(=O)O)cc2c1. The first-order valence-electron chi connectivity index (χ1n) is 4.82. The van der Waals surface area contributed by atoms with E-state index >= 15 is 0 Å². The predicted molar refractivity (Wildman–Crippen MR) is 63.9 cm³/mol. The predicted octanol–water partition coefficient (Wildman–Crippen LogP) is 0.891. The van der Waals surface area contributed by atoms with Gasteiger partial charge in [0.05, 0.1) is 4.90 Å². The summed E-state index contributed by atoms with van der Waals surface area (Å²) >= 11 is 0. The van der Waals surface area contributed by atoms with Crippen LogP contribution in [0.1, 0.15) is 10.4 Å². The molecule has 0 unspecified atom stereocenters. The number of carboxylic acids is 1. The highest BCUT2D eigenvalue weighted by Gasteiger charge is 2.13. The summed E-state index contributed by atoms with van der Waals surface area (Å²) in [6.07, 6.45) is 0. The minimum absolute atomic E-state index is 0.114. The largest absolute Gasteiger partial charge is 0.507 e. The van der Waals surface area contributed by atoms with E-state index in [0.717, 1.165) is 0 Å². The highest BCUT2D eigenvalue weighted by Crippen LogP contribution is 2.26. The molecule has 4 N–H and O–H groups in total. The van der Waals surface area contributed by atoms with Gasteiger partial charge in [-0.3, -0.25) is 0 Å². The van der Waals surface area contributed by atoms with E-state index in [4.69, 9.17) is 10.2 Å². The molecule has 0 bridgehead atoms. The van der Waals surface area contributed by atoms with Crippen LogP contribution < -0.4 is 5.14 Å². The zero-order chi connectivity index (χ0) is 13.5. The zero-order valence-corrected chi connectivity index (χ0v) is 9.81. The smallest absolute Gasteiger partial charge is 0.339 e. The Kier molecular flexibility index (Phi) is 2.72.